The second-order valence-corrected chi connectivity index (χ2v) is 6.78. The molecule has 0 aliphatic heterocycles. The van der Waals surface area contributed by atoms with Crippen LogP contribution in [0.5, 0.6) is 0 Å². The van der Waals surface area contributed by atoms with Gasteiger partial charge in [0.25, 0.3) is 5.69 Å². The summed E-state index contributed by atoms with van der Waals surface area (Å²) in [5.41, 5.74) is 1.93. The third-order valence-electron chi connectivity index (χ3n) is 4.59. The molecule has 0 aromatic heterocycles. The van der Waals surface area contributed by atoms with Crippen molar-refractivity contribution in [3.8, 4) is 6.07 Å². The molecule has 0 N–H and O–H groups in total. The molecule has 0 aliphatic carbocycles. The number of hydrogen-bond acceptors (Lipinski definition) is 4. The second-order valence-electron chi connectivity index (χ2n) is 6.78. The standard InChI is InChI=1S/C24H18FN3O3/c25-22-11-12-23(28(30)31)21(14-22)17-27(16-20-4-2-1-3-5-20)24(29)13-10-18-6-8-19(15-26)9-7-18/h1-14H,16-17H2/b13-10+. The number of benzene rings is 3. The average Bonchev–Trinajstić information content (AvgIpc) is 2.78. The second kappa shape index (κ2) is 9.94. The molecule has 1 amide bonds. The van der Waals surface area contributed by atoms with E-state index in [4.69, 9.17) is 5.26 Å². The van der Waals surface area contributed by atoms with E-state index < -0.39 is 10.7 Å². The zero-order valence-electron chi connectivity index (χ0n) is 16.4. The highest BCUT2D eigenvalue weighted by atomic mass is 19.1. The number of nitrogens with zero attached hydrogens (tertiary/aromatic N) is 3. The Hall–Kier alpha value is -4.31. The highest BCUT2D eigenvalue weighted by Crippen LogP contribution is 2.22. The van der Waals surface area contributed by atoms with Crippen molar-refractivity contribution in [3.05, 3.63) is 117 Å². The van der Waals surface area contributed by atoms with E-state index in [2.05, 4.69) is 0 Å². The Bertz CT molecular complexity index is 1150. The smallest absolute Gasteiger partial charge is 0.274 e. The lowest BCUT2D eigenvalue weighted by Crippen LogP contribution is -2.29. The van der Waals surface area contributed by atoms with Gasteiger partial charge in [-0.25, -0.2) is 4.39 Å². The van der Waals surface area contributed by atoms with Crippen LogP contribution < -0.4 is 0 Å². The maximum Gasteiger partial charge on any atom is 0.274 e. The molecule has 0 fully saturated rings. The van der Waals surface area contributed by atoms with Gasteiger partial charge in [-0.15, -0.1) is 0 Å². The van der Waals surface area contributed by atoms with Crippen molar-refractivity contribution in [2.24, 2.45) is 0 Å². The molecule has 0 unspecified atom stereocenters. The summed E-state index contributed by atoms with van der Waals surface area (Å²) in [5, 5.41) is 20.2. The Morgan fingerprint density at radius 1 is 1.06 bits per heavy atom. The normalized spacial score (nSPS) is 10.6. The summed E-state index contributed by atoms with van der Waals surface area (Å²) in [4.78, 5) is 25.1. The Morgan fingerprint density at radius 2 is 1.77 bits per heavy atom. The summed E-state index contributed by atoms with van der Waals surface area (Å²) >= 11 is 0. The molecule has 0 saturated heterocycles. The van der Waals surface area contributed by atoms with Crippen LogP contribution in [-0.4, -0.2) is 15.7 Å². The molecule has 3 aromatic carbocycles. The first-order valence-corrected chi connectivity index (χ1v) is 9.40. The van der Waals surface area contributed by atoms with Gasteiger partial charge in [-0.05, 0) is 41.5 Å². The van der Waals surface area contributed by atoms with Crippen LogP contribution in [0.15, 0.2) is 78.9 Å². The maximum absolute atomic E-state index is 13.8. The first kappa shape index (κ1) is 21.4. The molecule has 31 heavy (non-hydrogen) atoms. The number of hydrogen-bond donors (Lipinski definition) is 0. The topological polar surface area (TPSA) is 87.2 Å². The predicted molar refractivity (Wildman–Crippen MR) is 114 cm³/mol. The van der Waals surface area contributed by atoms with Gasteiger partial charge in [-0.3, -0.25) is 14.9 Å². The minimum absolute atomic E-state index is 0.112. The summed E-state index contributed by atoms with van der Waals surface area (Å²) in [6.45, 7) is 0.0740. The SMILES string of the molecule is N#Cc1ccc(/C=C/C(=O)N(Cc2ccccc2)Cc2cc(F)ccc2[N+](=O)[O-])cc1. The first-order chi connectivity index (χ1) is 15.0. The van der Waals surface area contributed by atoms with Gasteiger partial charge in [0.2, 0.25) is 5.91 Å². The molecule has 0 aliphatic rings. The van der Waals surface area contributed by atoms with Crippen LogP contribution in [0.1, 0.15) is 22.3 Å². The molecule has 0 radical (unpaired) electrons. The van der Waals surface area contributed by atoms with Crippen LogP contribution in [0.25, 0.3) is 6.08 Å². The summed E-state index contributed by atoms with van der Waals surface area (Å²) in [7, 11) is 0. The average molecular weight is 415 g/mol. The van der Waals surface area contributed by atoms with Gasteiger partial charge < -0.3 is 4.90 Å². The Balaban J connectivity index is 1.88. The number of nitro groups is 1. The van der Waals surface area contributed by atoms with Gasteiger partial charge in [-0.2, -0.15) is 5.26 Å². The molecular formula is C24H18FN3O3. The summed E-state index contributed by atoms with van der Waals surface area (Å²) in [5.74, 6) is -0.993. The number of nitriles is 1. The number of carbonyl (C=O) groups is 1. The molecule has 3 rings (SSSR count). The zero-order chi connectivity index (χ0) is 22.2. The summed E-state index contributed by atoms with van der Waals surface area (Å²) < 4.78 is 13.8. The van der Waals surface area contributed by atoms with E-state index in [-0.39, 0.29) is 30.2 Å². The molecule has 0 bridgehead atoms. The molecule has 0 spiro atoms. The van der Waals surface area contributed by atoms with Crippen LogP contribution in [0.4, 0.5) is 10.1 Å². The van der Waals surface area contributed by atoms with Gasteiger partial charge in [0.05, 0.1) is 28.7 Å². The third-order valence-corrected chi connectivity index (χ3v) is 4.59. The highest BCUT2D eigenvalue weighted by molar-refractivity contribution is 5.91. The van der Waals surface area contributed by atoms with Crippen LogP contribution >= 0.6 is 0 Å². The Kier molecular flexibility index (Phi) is 6.86. The van der Waals surface area contributed by atoms with Crippen molar-refractivity contribution < 1.29 is 14.1 Å². The van der Waals surface area contributed by atoms with E-state index >= 15 is 0 Å². The lowest BCUT2D eigenvalue weighted by atomic mass is 10.1. The van der Waals surface area contributed by atoms with Crippen LogP contribution in [-0.2, 0) is 17.9 Å². The van der Waals surface area contributed by atoms with Gasteiger partial charge in [0.1, 0.15) is 5.82 Å². The van der Waals surface area contributed by atoms with Gasteiger partial charge in [0, 0.05) is 18.7 Å². The quantitative estimate of drug-likeness (QED) is 0.314. The molecule has 7 heteroatoms. The third kappa shape index (κ3) is 5.84. The lowest BCUT2D eigenvalue weighted by Gasteiger charge is -2.21. The number of rotatable bonds is 7. The van der Waals surface area contributed by atoms with Crippen molar-refractivity contribution in [2.45, 2.75) is 13.1 Å². The highest BCUT2D eigenvalue weighted by Gasteiger charge is 2.20. The fraction of sp³-hybridized carbons (Fsp3) is 0.0833. The van der Waals surface area contributed by atoms with Crippen LogP contribution in [0, 0.1) is 27.3 Å². The fourth-order valence-corrected chi connectivity index (χ4v) is 3.02. The Morgan fingerprint density at radius 3 is 2.42 bits per heavy atom. The van der Waals surface area contributed by atoms with Gasteiger partial charge in [-0.1, -0.05) is 42.5 Å². The van der Waals surface area contributed by atoms with Crippen molar-refractivity contribution in [1.29, 1.82) is 5.26 Å². The van der Waals surface area contributed by atoms with Crippen LogP contribution in [0.2, 0.25) is 0 Å². The molecule has 154 valence electrons. The monoisotopic (exact) mass is 415 g/mol. The van der Waals surface area contributed by atoms with Crippen molar-refractivity contribution >= 4 is 17.7 Å². The van der Waals surface area contributed by atoms with Gasteiger partial charge >= 0.3 is 0 Å². The number of amides is 1. The largest absolute Gasteiger partial charge is 0.330 e. The van der Waals surface area contributed by atoms with E-state index in [9.17, 15) is 19.3 Å². The zero-order valence-corrected chi connectivity index (χ0v) is 16.4. The summed E-state index contributed by atoms with van der Waals surface area (Å²) in [6.07, 6.45) is 2.96. The summed E-state index contributed by atoms with van der Waals surface area (Å²) in [6, 6.07) is 21.1. The van der Waals surface area contributed by atoms with E-state index in [1.807, 2.05) is 36.4 Å². The molecule has 0 atom stereocenters. The predicted octanol–water partition coefficient (Wildman–Crippen LogP) is 4.85. The minimum atomic E-state index is -0.610. The van der Waals surface area contributed by atoms with E-state index in [1.54, 1.807) is 30.3 Å². The molecule has 6 nitrogen and oxygen atoms in total. The molecule has 3 aromatic rings. The molecule has 0 heterocycles. The van der Waals surface area contributed by atoms with E-state index in [0.717, 1.165) is 29.3 Å². The Labute approximate surface area is 178 Å². The van der Waals surface area contributed by atoms with E-state index in [0.29, 0.717) is 5.56 Å². The number of halogens is 1. The van der Waals surface area contributed by atoms with Crippen molar-refractivity contribution in [3.63, 3.8) is 0 Å². The number of nitro benzene ring substituents is 1. The first-order valence-electron chi connectivity index (χ1n) is 9.40. The maximum atomic E-state index is 13.8. The van der Waals surface area contributed by atoms with E-state index in [1.165, 1.54) is 11.0 Å². The minimum Gasteiger partial charge on any atom is -0.330 e. The lowest BCUT2D eigenvalue weighted by molar-refractivity contribution is -0.385. The van der Waals surface area contributed by atoms with Crippen molar-refractivity contribution in [1.82, 2.24) is 4.90 Å². The number of carbonyl (C=O) groups excluding carboxylic acids is 1. The van der Waals surface area contributed by atoms with Crippen molar-refractivity contribution in [2.75, 3.05) is 0 Å². The fourth-order valence-electron chi connectivity index (χ4n) is 3.02. The van der Waals surface area contributed by atoms with Crippen LogP contribution in [0.3, 0.4) is 0 Å². The molecule has 0 saturated carbocycles. The molecular weight excluding hydrogens is 397 g/mol. The van der Waals surface area contributed by atoms with Gasteiger partial charge in [0.15, 0.2) is 0 Å².